The van der Waals surface area contributed by atoms with Gasteiger partial charge >= 0.3 is 6.61 Å². The van der Waals surface area contributed by atoms with Crippen molar-refractivity contribution in [2.24, 2.45) is 0 Å². The summed E-state index contributed by atoms with van der Waals surface area (Å²) in [5, 5.41) is 3.66. The highest BCUT2D eigenvalue weighted by Crippen LogP contribution is 2.29. The van der Waals surface area contributed by atoms with E-state index in [2.05, 4.69) is 20.0 Å². The van der Waals surface area contributed by atoms with Gasteiger partial charge < -0.3 is 10.1 Å². The molecule has 9 heteroatoms. The summed E-state index contributed by atoms with van der Waals surface area (Å²) in [4.78, 5) is 21.0. The molecule has 0 atom stereocenters. The van der Waals surface area contributed by atoms with Crippen molar-refractivity contribution in [2.75, 3.05) is 5.32 Å². The lowest BCUT2D eigenvalue weighted by atomic mass is 10.1. The number of carbonyl (C=O) groups excluding carboxylic acids is 1. The zero-order valence-corrected chi connectivity index (χ0v) is 17.1. The number of amides is 1. The van der Waals surface area contributed by atoms with Crippen molar-refractivity contribution in [1.29, 1.82) is 0 Å². The standard InChI is InChI=1S/C21H15Cl2F2N3O2/c1-12-8-13-4-2-3-5-18(13)27-9-14(30-21(24)25)6-7-15(12)20(29)28-19-16(22)10-26-11-17(19)23/h2-11,21H,1H3,(H,26,28,29). The van der Waals surface area contributed by atoms with Crippen LogP contribution in [0.5, 0.6) is 5.75 Å². The molecule has 0 fully saturated rings. The average molecular weight is 450 g/mol. The van der Waals surface area contributed by atoms with Crippen LogP contribution >= 0.6 is 23.2 Å². The smallest absolute Gasteiger partial charge is 0.387 e. The Morgan fingerprint density at radius 3 is 2.47 bits per heavy atom. The van der Waals surface area contributed by atoms with E-state index in [-0.39, 0.29) is 27.0 Å². The maximum absolute atomic E-state index is 13.0. The van der Waals surface area contributed by atoms with Gasteiger partial charge in [-0.2, -0.15) is 8.78 Å². The fourth-order valence-corrected chi connectivity index (χ4v) is 3.11. The summed E-state index contributed by atoms with van der Waals surface area (Å²) in [5.74, 6) is -0.749. The maximum atomic E-state index is 13.0. The number of carbonyl (C=O) groups is 1. The van der Waals surface area contributed by atoms with Crippen LogP contribution in [0.2, 0.25) is 10.0 Å². The second-order valence-electron chi connectivity index (χ2n) is 6.10. The minimum atomic E-state index is -3.04. The van der Waals surface area contributed by atoms with Crippen LogP contribution < -0.4 is 10.1 Å². The number of anilines is 1. The van der Waals surface area contributed by atoms with E-state index in [1.807, 2.05) is 0 Å². The Kier molecular flexibility index (Phi) is 6.97. The Morgan fingerprint density at radius 2 is 1.77 bits per heavy atom. The van der Waals surface area contributed by atoms with Crippen LogP contribution in [0.25, 0.3) is 10.9 Å². The molecule has 1 amide bonds. The summed E-state index contributed by atoms with van der Waals surface area (Å²) in [6.45, 7) is -1.33. The van der Waals surface area contributed by atoms with E-state index >= 15 is 0 Å². The van der Waals surface area contributed by atoms with Gasteiger partial charge in [0.25, 0.3) is 5.91 Å². The molecule has 0 aliphatic carbocycles. The third kappa shape index (κ3) is 5.31. The number of fused-ring (bicyclic) bond motifs is 1. The molecular formula is C21H15Cl2F2N3O2. The molecule has 0 unspecified atom stereocenters. The van der Waals surface area contributed by atoms with Gasteiger partial charge in [-0.05, 0) is 36.8 Å². The first-order valence-corrected chi connectivity index (χ1v) is 9.39. The fraction of sp³-hybridized carbons (Fsp3) is 0.0952. The molecule has 2 aromatic heterocycles. The number of ether oxygens (including phenoxy) is 1. The minimum absolute atomic E-state index is 0.160. The highest BCUT2D eigenvalue weighted by Gasteiger charge is 2.13. The summed E-state index contributed by atoms with van der Waals surface area (Å²) in [7, 11) is 0. The molecule has 0 bridgehead atoms. The van der Waals surface area contributed by atoms with Gasteiger partial charge in [-0.15, -0.1) is 0 Å². The van der Waals surface area contributed by atoms with E-state index in [1.54, 1.807) is 37.3 Å². The van der Waals surface area contributed by atoms with E-state index in [0.717, 1.165) is 0 Å². The first-order chi connectivity index (χ1) is 14.3. The van der Waals surface area contributed by atoms with E-state index in [0.29, 0.717) is 16.5 Å². The molecule has 1 N–H and O–H groups in total. The number of benzene rings is 1. The number of hydrogen-bond donors (Lipinski definition) is 1. The lowest BCUT2D eigenvalue weighted by Gasteiger charge is -2.10. The van der Waals surface area contributed by atoms with Gasteiger partial charge in [0.15, 0.2) is 0 Å². The highest BCUT2D eigenvalue weighted by molar-refractivity contribution is 6.39. The molecule has 0 aliphatic rings. The van der Waals surface area contributed by atoms with Gasteiger partial charge in [0.2, 0.25) is 0 Å². The fourth-order valence-electron chi connectivity index (χ4n) is 2.65. The van der Waals surface area contributed by atoms with Crippen molar-refractivity contribution < 1.29 is 18.3 Å². The van der Waals surface area contributed by atoms with Crippen LogP contribution in [0.4, 0.5) is 14.5 Å². The number of nitrogens with zero attached hydrogens (tertiary/aromatic N) is 2. The third-order valence-corrected chi connectivity index (χ3v) is 4.61. The topological polar surface area (TPSA) is 64.1 Å². The van der Waals surface area contributed by atoms with Gasteiger partial charge in [0.05, 0.1) is 27.4 Å². The van der Waals surface area contributed by atoms with Crippen LogP contribution in [0, 0.1) is 6.92 Å². The van der Waals surface area contributed by atoms with Crippen molar-refractivity contribution >= 4 is 45.7 Å². The number of rotatable bonds is 4. The number of nitrogens with one attached hydrogen (secondary N) is 1. The second kappa shape index (κ2) is 9.65. The van der Waals surface area contributed by atoms with Crippen molar-refractivity contribution in [3.8, 4) is 5.75 Å². The van der Waals surface area contributed by atoms with Crippen LogP contribution in [-0.4, -0.2) is 22.5 Å². The molecule has 0 spiro atoms. The monoisotopic (exact) mass is 449 g/mol. The van der Waals surface area contributed by atoms with Crippen LogP contribution in [0.3, 0.4) is 0 Å². The van der Waals surface area contributed by atoms with Crippen molar-refractivity contribution in [3.05, 3.63) is 82.2 Å². The molecule has 2 heterocycles. The molecule has 0 saturated carbocycles. The maximum Gasteiger partial charge on any atom is 0.387 e. The van der Waals surface area contributed by atoms with E-state index in [4.69, 9.17) is 23.2 Å². The average Bonchev–Trinajstić information content (AvgIpc) is 2.69. The Bertz CT molecular complexity index is 1140. The quantitative estimate of drug-likeness (QED) is 0.513. The number of pyridine rings is 1. The van der Waals surface area contributed by atoms with Crippen LogP contribution in [0.15, 0.2) is 61.1 Å². The van der Waals surface area contributed by atoms with E-state index in [9.17, 15) is 13.6 Å². The molecule has 30 heavy (non-hydrogen) atoms. The highest BCUT2D eigenvalue weighted by atomic mass is 35.5. The Labute approximate surface area is 181 Å². The zero-order chi connectivity index (χ0) is 21.7. The zero-order valence-electron chi connectivity index (χ0n) is 15.6. The van der Waals surface area contributed by atoms with Gasteiger partial charge in [0.1, 0.15) is 5.75 Å². The molecule has 1 aromatic carbocycles. The number of aromatic nitrogens is 2. The SMILES string of the molecule is Cc1cc2ccccc2ncc(OC(F)F)ccc1C(=O)Nc1c(Cl)cncc1Cl. The molecule has 3 rings (SSSR count). The normalized spacial score (nSPS) is 10.6. The number of alkyl halides is 2. The molecular weight excluding hydrogens is 435 g/mol. The number of halogens is 4. The van der Waals surface area contributed by atoms with Gasteiger partial charge in [0, 0.05) is 23.3 Å². The lowest BCUT2D eigenvalue weighted by Crippen LogP contribution is -2.13. The molecule has 0 saturated heterocycles. The first-order valence-electron chi connectivity index (χ1n) is 8.64. The molecule has 0 aliphatic heterocycles. The third-order valence-electron chi connectivity index (χ3n) is 4.04. The van der Waals surface area contributed by atoms with Gasteiger partial charge in [-0.25, -0.2) is 0 Å². The Morgan fingerprint density at radius 1 is 1.07 bits per heavy atom. The molecule has 0 radical (unpaired) electrons. The summed E-state index contributed by atoms with van der Waals surface area (Å²) in [6, 6.07) is 11.4. The first kappa shape index (κ1) is 21.7. The number of hydrogen-bond acceptors (Lipinski definition) is 4. The predicted molar refractivity (Wildman–Crippen MR) is 113 cm³/mol. The van der Waals surface area contributed by atoms with Crippen molar-refractivity contribution in [2.45, 2.75) is 13.5 Å². The second-order valence-corrected chi connectivity index (χ2v) is 6.92. The van der Waals surface area contributed by atoms with Crippen LogP contribution in [-0.2, 0) is 0 Å². The van der Waals surface area contributed by atoms with Crippen molar-refractivity contribution in [1.82, 2.24) is 9.97 Å². The van der Waals surface area contributed by atoms with E-state index in [1.165, 1.54) is 30.7 Å². The summed E-state index contributed by atoms with van der Waals surface area (Å²) >= 11 is 12.1. The lowest BCUT2D eigenvalue weighted by molar-refractivity contribution is -0.0499. The molecule has 3 aromatic rings. The van der Waals surface area contributed by atoms with Gasteiger partial charge in [-0.3, -0.25) is 14.8 Å². The minimum Gasteiger partial charge on any atom is -0.433 e. The molecule has 5 nitrogen and oxygen atoms in total. The number of aryl methyl sites for hydroxylation is 1. The van der Waals surface area contributed by atoms with Crippen molar-refractivity contribution in [3.63, 3.8) is 0 Å². The Balaban J connectivity index is 2.18. The summed E-state index contributed by atoms with van der Waals surface area (Å²) < 4.78 is 30.0. The summed E-state index contributed by atoms with van der Waals surface area (Å²) in [6.07, 6.45) is 3.85. The number of para-hydroxylation sites is 1. The van der Waals surface area contributed by atoms with Gasteiger partial charge in [-0.1, -0.05) is 41.4 Å². The largest absolute Gasteiger partial charge is 0.433 e. The van der Waals surface area contributed by atoms with Crippen LogP contribution in [0.1, 0.15) is 15.9 Å². The summed E-state index contributed by atoms with van der Waals surface area (Å²) in [5.41, 5.74) is 1.48. The predicted octanol–water partition coefficient (Wildman–Crippen LogP) is 6.22. The molecule has 154 valence electrons. The Hall–Kier alpha value is -3.03. The van der Waals surface area contributed by atoms with E-state index < -0.39 is 12.5 Å².